The van der Waals surface area contributed by atoms with E-state index >= 15 is 0 Å². The van der Waals surface area contributed by atoms with Gasteiger partial charge in [-0.3, -0.25) is 10.1 Å². The summed E-state index contributed by atoms with van der Waals surface area (Å²) in [7, 11) is 1.55. The molecule has 1 N–H and O–H groups in total. The monoisotopic (exact) mass is 315 g/mol. The summed E-state index contributed by atoms with van der Waals surface area (Å²) in [6.07, 6.45) is 0.555. The SMILES string of the molecule is COc1cccc(C(=O)Nc2nnc(Cc3cccs3)o2)c1. The maximum absolute atomic E-state index is 12.1. The van der Waals surface area contributed by atoms with E-state index in [0.717, 1.165) is 4.88 Å². The van der Waals surface area contributed by atoms with Gasteiger partial charge in [0.05, 0.1) is 13.5 Å². The number of carbonyl (C=O) groups excluding carboxylic acids is 1. The molecule has 22 heavy (non-hydrogen) atoms. The smallest absolute Gasteiger partial charge is 0.322 e. The molecule has 0 fully saturated rings. The third kappa shape index (κ3) is 3.32. The number of thiophene rings is 1. The fourth-order valence-corrected chi connectivity index (χ4v) is 2.57. The van der Waals surface area contributed by atoms with Gasteiger partial charge in [0, 0.05) is 10.4 Å². The van der Waals surface area contributed by atoms with Crippen molar-refractivity contribution in [3.05, 3.63) is 58.1 Å². The second-order valence-electron chi connectivity index (χ2n) is 4.44. The van der Waals surface area contributed by atoms with E-state index in [4.69, 9.17) is 9.15 Å². The van der Waals surface area contributed by atoms with Crippen molar-refractivity contribution in [2.75, 3.05) is 12.4 Å². The molecule has 0 radical (unpaired) electrons. The lowest BCUT2D eigenvalue weighted by Crippen LogP contribution is -2.12. The van der Waals surface area contributed by atoms with Crippen LogP contribution in [0.5, 0.6) is 5.75 Å². The molecule has 6 nitrogen and oxygen atoms in total. The van der Waals surface area contributed by atoms with Gasteiger partial charge >= 0.3 is 6.01 Å². The van der Waals surface area contributed by atoms with Gasteiger partial charge in [-0.2, -0.15) is 0 Å². The average Bonchev–Trinajstić information content (AvgIpc) is 3.20. The van der Waals surface area contributed by atoms with Crippen LogP contribution in [0, 0.1) is 0 Å². The first-order valence-corrected chi connectivity index (χ1v) is 7.43. The minimum Gasteiger partial charge on any atom is -0.497 e. The predicted molar refractivity (Wildman–Crippen MR) is 82.4 cm³/mol. The van der Waals surface area contributed by atoms with Crippen molar-refractivity contribution >= 4 is 23.3 Å². The summed E-state index contributed by atoms with van der Waals surface area (Å²) in [6.45, 7) is 0. The Bertz CT molecular complexity index is 768. The maximum Gasteiger partial charge on any atom is 0.322 e. The molecule has 1 amide bonds. The van der Waals surface area contributed by atoms with Crippen LogP contribution in [0.2, 0.25) is 0 Å². The molecule has 0 atom stereocenters. The van der Waals surface area contributed by atoms with Gasteiger partial charge in [0.25, 0.3) is 5.91 Å². The number of hydrogen-bond acceptors (Lipinski definition) is 6. The number of amides is 1. The van der Waals surface area contributed by atoms with Crippen LogP contribution in [0.3, 0.4) is 0 Å². The molecule has 0 saturated heterocycles. The Morgan fingerprint density at radius 3 is 3.00 bits per heavy atom. The highest BCUT2D eigenvalue weighted by Gasteiger charge is 2.12. The van der Waals surface area contributed by atoms with Crippen molar-refractivity contribution < 1.29 is 13.9 Å². The van der Waals surface area contributed by atoms with Crippen LogP contribution >= 0.6 is 11.3 Å². The molecule has 0 saturated carbocycles. The zero-order chi connectivity index (χ0) is 15.4. The minimum atomic E-state index is -0.328. The fourth-order valence-electron chi connectivity index (χ4n) is 1.87. The lowest BCUT2D eigenvalue weighted by Gasteiger charge is -2.03. The fraction of sp³-hybridized carbons (Fsp3) is 0.133. The Morgan fingerprint density at radius 2 is 2.23 bits per heavy atom. The maximum atomic E-state index is 12.1. The highest BCUT2D eigenvalue weighted by atomic mass is 32.1. The number of aromatic nitrogens is 2. The molecule has 0 bridgehead atoms. The van der Waals surface area contributed by atoms with Gasteiger partial charge in [-0.25, -0.2) is 0 Å². The van der Waals surface area contributed by atoms with Crippen molar-refractivity contribution in [3.63, 3.8) is 0 Å². The normalized spacial score (nSPS) is 10.4. The first-order valence-electron chi connectivity index (χ1n) is 6.55. The summed E-state index contributed by atoms with van der Waals surface area (Å²) >= 11 is 1.61. The molecule has 0 unspecified atom stereocenters. The standard InChI is InChI=1S/C15H13N3O3S/c1-20-11-5-2-4-10(8-11)14(19)16-15-18-17-13(21-15)9-12-6-3-7-22-12/h2-8H,9H2,1H3,(H,16,18,19). The molecule has 3 rings (SSSR count). The van der Waals surface area contributed by atoms with Crippen LogP contribution in [0.25, 0.3) is 0 Å². The highest BCUT2D eigenvalue weighted by molar-refractivity contribution is 7.09. The van der Waals surface area contributed by atoms with Gasteiger partial charge in [0.1, 0.15) is 5.75 Å². The Labute approximate surface area is 130 Å². The first-order chi connectivity index (χ1) is 10.7. The molecule has 2 heterocycles. The topological polar surface area (TPSA) is 77.2 Å². The van der Waals surface area contributed by atoms with E-state index in [1.165, 1.54) is 0 Å². The lowest BCUT2D eigenvalue weighted by atomic mass is 10.2. The number of ether oxygens (including phenoxy) is 1. The number of rotatable bonds is 5. The molecule has 0 spiro atoms. The Morgan fingerprint density at radius 1 is 1.32 bits per heavy atom. The largest absolute Gasteiger partial charge is 0.497 e. The second-order valence-corrected chi connectivity index (χ2v) is 5.48. The third-order valence-corrected chi connectivity index (χ3v) is 3.80. The number of methoxy groups -OCH3 is 1. The molecule has 112 valence electrons. The van der Waals surface area contributed by atoms with E-state index in [1.807, 2.05) is 17.5 Å². The van der Waals surface area contributed by atoms with E-state index in [1.54, 1.807) is 42.7 Å². The number of anilines is 1. The summed E-state index contributed by atoms with van der Waals surface area (Å²) in [6, 6.07) is 10.9. The minimum absolute atomic E-state index is 0.0828. The van der Waals surface area contributed by atoms with E-state index in [0.29, 0.717) is 23.6 Å². The number of carbonyl (C=O) groups is 1. The first kappa shape index (κ1) is 14.3. The van der Waals surface area contributed by atoms with Crippen molar-refractivity contribution in [2.45, 2.75) is 6.42 Å². The summed E-state index contributed by atoms with van der Waals surface area (Å²) in [5.41, 5.74) is 0.456. The van der Waals surface area contributed by atoms with Crippen molar-refractivity contribution in [3.8, 4) is 5.75 Å². The van der Waals surface area contributed by atoms with Gasteiger partial charge in [-0.05, 0) is 29.6 Å². The number of nitrogens with zero attached hydrogens (tertiary/aromatic N) is 2. The Balaban J connectivity index is 1.67. The molecular formula is C15H13N3O3S. The van der Waals surface area contributed by atoms with Crippen LogP contribution in [-0.4, -0.2) is 23.2 Å². The number of hydrogen-bond donors (Lipinski definition) is 1. The van der Waals surface area contributed by atoms with Gasteiger partial charge in [-0.15, -0.1) is 16.4 Å². The van der Waals surface area contributed by atoms with Crippen LogP contribution in [0.1, 0.15) is 21.1 Å². The summed E-state index contributed by atoms with van der Waals surface area (Å²) in [5.74, 6) is 0.741. The van der Waals surface area contributed by atoms with Crippen molar-refractivity contribution in [1.29, 1.82) is 0 Å². The average molecular weight is 315 g/mol. The van der Waals surface area contributed by atoms with E-state index in [-0.39, 0.29) is 11.9 Å². The molecule has 0 aliphatic carbocycles. The van der Waals surface area contributed by atoms with Crippen LogP contribution in [0.4, 0.5) is 6.01 Å². The number of benzene rings is 1. The zero-order valence-corrected chi connectivity index (χ0v) is 12.6. The summed E-state index contributed by atoms with van der Waals surface area (Å²) in [5, 5.41) is 12.3. The van der Waals surface area contributed by atoms with Crippen molar-refractivity contribution in [2.24, 2.45) is 0 Å². The highest BCUT2D eigenvalue weighted by Crippen LogP contribution is 2.17. The second kappa shape index (κ2) is 6.40. The Kier molecular flexibility index (Phi) is 4.15. The molecule has 0 aliphatic heterocycles. The Hall–Kier alpha value is -2.67. The molecular weight excluding hydrogens is 302 g/mol. The lowest BCUT2D eigenvalue weighted by molar-refractivity contribution is 0.102. The third-order valence-electron chi connectivity index (χ3n) is 2.92. The molecule has 3 aromatic rings. The van der Waals surface area contributed by atoms with Crippen LogP contribution in [-0.2, 0) is 6.42 Å². The molecule has 2 aromatic heterocycles. The van der Waals surface area contributed by atoms with Crippen LogP contribution in [0.15, 0.2) is 46.2 Å². The van der Waals surface area contributed by atoms with Gasteiger partial charge in [-0.1, -0.05) is 17.2 Å². The molecule has 7 heteroatoms. The molecule has 0 aliphatic rings. The van der Waals surface area contributed by atoms with Crippen molar-refractivity contribution in [1.82, 2.24) is 10.2 Å². The molecule has 1 aromatic carbocycles. The van der Waals surface area contributed by atoms with Gasteiger partial charge in [0.15, 0.2) is 0 Å². The summed E-state index contributed by atoms with van der Waals surface area (Å²) < 4.78 is 10.5. The quantitative estimate of drug-likeness (QED) is 0.783. The predicted octanol–water partition coefficient (Wildman–Crippen LogP) is 2.98. The van der Waals surface area contributed by atoms with E-state index in [9.17, 15) is 4.79 Å². The van der Waals surface area contributed by atoms with Crippen LogP contribution < -0.4 is 10.1 Å². The zero-order valence-electron chi connectivity index (χ0n) is 11.8. The van der Waals surface area contributed by atoms with Gasteiger partial charge < -0.3 is 9.15 Å². The number of nitrogens with one attached hydrogen (secondary N) is 1. The van der Waals surface area contributed by atoms with E-state index < -0.39 is 0 Å². The van der Waals surface area contributed by atoms with Gasteiger partial charge in [0.2, 0.25) is 5.89 Å². The summed E-state index contributed by atoms with van der Waals surface area (Å²) in [4.78, 5) is 13.2. The van der Waals surface area contributed by atoms with E-state index in [2.05, 4.69) is 15.5 Å².